The Labute approximate surface area is 104 Å². The topological polar surface area (TPSA) is 29.5 Å². The smallest absolute Gasteiger partial charge is 0.328 e. The van der Waals surface area contributed by atoms with Crippen molar-refractivity contribution in [1.82, 2.24) is 0 Å². The molecule has 0 radical (unpaired) electrons. The number of benzene rings is 1. The van der Waals surface area contributed by atoms with E-state index in [1.54, 1.807) is 30.3 Å². The molecule has 1 aliphatic heterocycles. The van der Waals surface area contributed by atoms with Gasteiger partial charge in [0, 0.05) is 18.7 Å². The third-order valence-electron chi connectivity index (χ3n) is 2.77. The van der Waals surface area contributed by atoms with Crippen molar-refractivity contribution in [2.75, 3.05) is 18.6 Å². The molecule has 18 heavy (non-hydrogen) atoms. The van der Waals surface area contributed by atoms with Crippen LogP contribution in [0.4, 0.5) is 14.5 Å². The van der Waals surface area contributed by atoms with E-state index in [0.717, 1.165) is 4.90 Å². The predicted molar refractivity (Wildman–Crippen MR) is 64.1 cm³/mol. The molecule has 0 atom stereocenters. The summed E-state index contributed by atoms with van der Waals surface area (Å²) in [4.78, 5) is 12.8. The summed E-state index contributed by atoms with van der Waals surface area (Å²) in [7, 11) is 1.52. The largest absolute Gasteiger partial charge is 0.497 e. The first-order valence-corrected chi connectivity index (χ1v) is 5.53. The van der Waals surface area contributed by atoms with E-state index in [0.29, 0.717) is 11.4 Å². The van der Waals surface area contributed by atoms with Crippen molar-refractivity contribution in [2.24, 2.45) is 0 Å². The van der Waals surface area contributed by atoms with E-state index in [2.05, 4.69) is 0 Å². The van der Waals surface area contributed by atoms with Gasteiger partial charge in [0.2, 0.25) is 0 Å². The first kappa shape index (κ1) is 12.5. The van der Waals surface area contributed by atoms with Crippen molar-refractivity contribution in [3.63, 3.8) is 0 Å². The van der Waals surface area contributed by atoms with E-state index >= 15 is 0 Å². The molecule has 1 heterocycles. The quantitative estimate of drug-likeness (QED) is 0.758. The summed E-state index contributed by atoms with van der Waals surface area (Å²) in [6.45, 7) is 0.154. The maximum absolute atomic E-state index is 13.5. The summed E-state index contributed by atoms with van der Waals surface area (Å²) >= 11 is 0. The molecule has 1 aromatic carbocycles. The molecule has 1 amide bonds. The number of ether oxygens (including phenoxy) is 1. The summed E-state index contributed by atoms with van der Waals surface area (Å²) < 4.78 is 31.9. The molecule has 0 saturated carbocycles. The summed E-state index contributed by atoms with van der Waals surface area (Å²) in [5, 5.41) is 0. The van der Waals surface area contributed by atoms with Crippen molar-refractivity contribution < 1.29 is 18.3 Å². The van der Waals surface area contributed by atoms with Crippen LogP contribution in [0, 0.1) is 0 Å². The van der Waals surface area contributed by atoms with Crippen LogP contribution in [0.1, 0.15) is 6.42 Å². The Morgan fingerprint density at radius 2 is 1.89 bits per heavy atom. The van der Waals surface area contributed by atoms with Crippen LogP contribution in [-0.2, 0) is 4.79 Å². The highest BCUT2D eigenvalue weighted by Gasteiger charge is 2.42. The van der Waals surface area contributed by atoms with Crippen LogP contribution in [0.5, 0.6) is 5.75 Å². The second-order valence-electron chi connectivity index (χ2n) is 3.99. The molecule has 0 aromatic heterocycles. The zero-order chi connectivity index (χ0) is 13.2. The average Bonchev–Trinajstić information content (AvgIpc) is 2.50. The van der Waals surface area contributed by atoms with Gasteiger partial charge in [0.25, 0.3) is 5.91 Å². The Morgan fingerprint density at radius 1 is 1.22 bits per heavy atom. The molecule has 0 N–H and O–H groups in total. The van der Waals surface area contributed by atoms with E-state index in [1.807, 2.05) is 0 Å². The maximum atomic E-state index is 13.5. The molecule has 0 saturated heterocycles. The minimum atomic E-state index is -3.34. The van der Waals surface area contributed by atoms with E-state index in [-0.39, 0.29) is 6.54 Å². The summed E-state index contributed by atoms with van der Waals surface area (Å²) in [6, 6.07) is 6.45. The van der Waals surface area contributed by atoms with Crippen LogP contribution in [0.15, 0.2) is 36.4 Å². The first-order valence-electron chi connectivity index (χ1n) is 5.53. The van der Waals surface area contributed by atoms with E-state index in [4.69, 9.17) is 4.74 Å². The van der Waals surface area contributed by atoms with Gasteiger partial charge >= 0.3 is 5.92 Å². The van der Waals surface area contributed by atoms with E-state index < -0.39 is 18.3 Å². The van der Waals surface area contributed by atoms with Gasteiger partial charge in [0.05, 0.1) is 7.11 Å². The number of methoxy groups -OCH3 is 1. The fourth-order valence-electron chi connectivity index (χ4n) is 1.76. The third-order valence-corrected chi connectivity index (χ3v) is 2.77. The summed E-state index contributed by atoms with van der Waals surface area (Å²) in [5.41, 5.74) is 0.437. The van der Waals surface area contributed by atoms with Crippen LogP contribution in [0.3, 0.4) is 0 Å². The number of hydrogen-bond donors (Lipinski definition) is 0. The van der Waals surface area contributed by atoms with Gasteiger partial charge in [-0.1, -0.05) is 12.2 Å². The first-order chi connectivity index (χ1) is 8.54. The number of nitrogens with zero attached hydrogens (tertiary/aromatic N) is 1. The minimum absolute atomic E-state index is 0.154. The number of amides is 1. The highest BCUT2D eigenvalue weighted by Crippen LogP contribution is 2.28. The number of carbonyl (C=O) groups excluding carboxylic acids is 1. The van der Waals surface area contributed by atoms with Crippen molar-refractivity contribution in [3.05, 3.63) is 36.4 Å². The maximum Gasteiger partial charge on any atom is 0.328 e. The van der Waals surface area contributed by atoms with Gasteiger partial charge in [0.1, 0.15) is 5.75 Å². The lowest BCUT2D eigenvalue weighted by Gasteiger charge is -2.23. The monoisotopic (exact) mass is 253 g/mol. The van der Waals surface area contributed by atoms with Crippen LogP contribution in [0.25, 0.3) is 0 Å². The standard InChI is InChI=1S/C13H13F2NO2/c1-18-11-6-4-10(5-7-11)16-9-3-2-8-13(14,15)12(16)17/h2-7H,8-9H2,1H3. The molecule has 0 unspecified atom stereocenters. The van der Waals surface area contributed by atoms with Crippen LogP contribution < -0.4 is 9.64 Å². The molecule has 0 bridgehead atoms. The summed E-state index contributed by atoms with van der Waals surface area (Å²) in [5.74, 6) is -3.89. The Hall–Kier alpha value is -1.91. The van der Waals surface area contributed by atoms with Gasteiger partial charge < -0.3 is 9.64 Å². The predicted octanol–water partition coefficient (Wildman–Crippen LogP) is 2.62. The van der Waals surface area contributed by atoms with Crippen LogP contribution in [-0.4, -0.2) is 25.5 Å². The molecule has 5 heteroatoms. The molecule has 1 aliphatic rings. The van der Waals surface area contributed by atoms with Gasteiger partial charge in [-0.3, -0.25) is 4.79 Å². The SMILES string of the molecule is COc1ccc(N2CC=CCC(F)(F)C2=O)cc1. The Balaban J connectivity index is 2.30. The normalized spacial score (nSPS) is 18.6. The second kappa shape index (κ2) is 4.76. The Morgan fingerprint density at radius 3 is 2.50 bits per heavy atom. The number of carbonyl (C=O) groups is 1. The number of rotatable bonds is 2. The molecule has 0 fully saturated rings. The molecule has 96 valence electrons. The number of allylic oxidation sites excluding steroid dienone is 1. The van der Waals surface area contributed by atoms with Gasteiger partial charge in [-0.2, -0.15) is 8.78 Å². The fraction of sp³-hybridized carbons (Fsp3) is 0.308. The fourth-order valence-corrected chi connectivity index (χ4v) is 1.76. The van der Waals surface area contributed by atoms with Crippen LogP contribution >= 0.6 is 0 Å². The van der Waals surface area contributed by atoms with Gasteiger partial charge in [-0.15, -0.1) is 0 Å². The number of alkyl halides is 2. The number of anilines is 1. The molecule has 0 spiro atoms. The molecule has 0 aliphatic carbocycles. The third kappa shape index (κ3) is 2.34. The van der Waals surface area contributed by atoms with Crippen molar-refractivity contribution in [1.29, 1.82) is 0 Å². The van der Waals surface area contributed by atoms with Crippen LogP contribution in [0.2, 0.25) is 0 Å². The Kier molecular flexibility index (Phi) is 3.32. The molecular formula is C13H13F2NO2. The van der Waals surface area contributed by atoms with Crippen molar-refractivity contribution >= 4 is 11.6 Å². The highest BCUT2D eigenvalue weighted by atomic mass is 19.3. The van der Waals surface area contributed by atoms with Gasteiger partial charge in [0.15, 0.2) is 0 Å². The lowest BCUT2D eigenvalue weighted by Crippen LogP contribution is -2.42. The lowest BCUT2D eigenvalue weighted by molar-refractivity contribution is -0.141. The average molecular weight is 253 g/mol. The number of hydrogen-bond acceptors (Lipinski definition) is 2. The molecule has 2 rings (SSSR count). The van der Waals surface area contributed by atoms with Gasteiger partial charge in [-0.25, -0.2) is 0 Å². The van der Waals surface area contributed by atoms with Gasteiger partial charge in [-0.05, 0) is 24.3 Å². The highest BCUT2D eigenvalue weighted by molar-refractivity contribution is 5.99. The zero-order valence-electron chi connectivity index (χ0n) is 9.90. The van der Waals surface area contributed by atoms with E-state index in [9.17, 15) is 13.6 Å². The zero-order valence-corrected chi connectivity index (χ0v) is 9.90. The Bertz CT molecular complexity index is 468. The minimum Gasteiger partial charge on any atom is -0.497 e. The van der Waals surface area contributed by atoms with Crippen molar-refractivity contribution in [3.8, 4) is 5.75 Å². The number of halogens is 2. The molecule has 3 nitrogen and oxygen atoms in total. The van der Waals surface area contributed by atoms with Crippen molar-refractivity contribution in [2.45, 2.75) is 12.3 Å². The second-order valence-corrected chi connectivity index (χ2v) is 3.99. The lowest BCUT2D eigenvalue weighted by atomic mass is 10.2. The molecular weight excluding hydrogens is 240 g/mol. The summed E-state index contributed by atoms with van der Waals surface area (Å²) in [6.07, 6.45) is 2.36. The molecule has 1 aromatic rings. The van der Waals surface area contributed by atoms with E-state index in [1.165, 1.54) is 13.2 Å².